The van der Waals surface area contributed by atoms with Gasteiger partial charge in [0, 0.05) is 36.4 Å². The van der Waals surface area contributed by atoms with Gasteiger partial charge in [0.15, 0.2) is 0 Å². The molecule has 2 aliphatic rings. The molecular weight excluding hydrogens is 340 g/mol. The number of allylic oxidation sites excluding steroid dienone is 3. The summed E-state index contributed by atoms with van der Waals surface area (Å²) in [6.45, 7) is 8.52. The molecule has 1 aliphatic heterocycles. The Labute approximate surface area is 160 Å². The zero-order valence-electron chi connectivity index (χ0n) is 16.5. The Morgan fingerprint density at radius 3 is 2.56 bits per heavy atom. The Morgan fingerprint density at radius 1 is 1.30 bits per heavy atom. The third kappa shape index (κ3) is 4.29. The number of imide groups is 1. The number of amides is 2. The van der Waals surface area contributed by atoms with Crippen LogP contribution in [0.4, 0.5) is 0 Å². The number of aromatic nitrogens is 1. The summed E-state index contributed by atoms with van der Waals surface area (Å²) in [6.07, 6.45) is 8.56. The molecule has 1 aliphatic carbocycles. The molecule has 1 saturated heterocycles. The summed E-state index contributed by atoms with van der Waals surface area (Å²) in [5.41, 5.74) is 2.55. The number of nitrogens with zero attached hydrogens (tertiary/aromatic N) is 1. The molecule has 0 aromatic carbocycles. The van der Waals surface area contributed by atoms with Crippen LogP contribution in [0.2, 0.25) is 0 Å². The maximum Gasteiger partial charge on any atom is 0.233 e. The van der Waals surface area contributed by atoms with Crippen molar-refractivity contribution in [3.05, 3.63) is 47.3 Å². The van der Waals surface area contributed by atoms with Crippen LogP contribution in [0.25, 0.3) is 0 Å². The van der Waals surface area contributed by atoms with Crippen molar-refractivity contribution in [2.45, 2.75) is 47.0 Å². The molecule has 0 radical (unpaired) electrons. The molecule has 2 amide bonds. The molecule has 1 N–H and O–H groups in total. The maximum atomic E-state index is 12.2. The Balaban J connectivity index is 1.52. The maximum absolute atomic E-state index is 12.2. The van der Waals surface area contributed by atoms with Gasteiger partial charge in [-0.1, -0.05) is 25.2 Å². The highest BCUT2D eigenvalue weighted by atomic mass is 16.5. The number of aryl methyl sites for hydroxylation is 2. The van der Waals surface area contributed by atoms with E-state index in [1.807, 2.05) is 32.9 Å². The van der Waals surface area contributed by atoms with E-state index in [-0.39, 0.29) is 30.1 Å². The van der Waals surface area contributed by atoms with Gasteiger partial charge in [-0.05, 0) is 44.6 Å². The number of rotatable bonds is 6. The van der Waals surface area contributed by atoms with Crippen LogP contribution in [-0.2, 0) is 9.59 Å². The van der Waals surface area contributed by atoms with Crippen LogP contribution in [0.5, 0.6) is 5.75 Å². The molecule has 3 rings (SSSR count). The van der Waals surface area contributed by atoms with Gasteiger partial charge in [0.2, 0.25) is 11.8 Å². The zero-order valence-corrected chi connectivity index (χ0v) is 16.5. The molecular formula is C22H28N2O3. The molecule has 27 heavy (non-hydrogen) atoms. The largest absolute Gasteiger partial charge is 0.493 e. The summed E-state index contributed by atoms with van der Waals surface area (Å²) in [5, 5.41) is 2.45. The number of pyridine rings is 1. The third-order valence-corrected chi connectivity index (χ3v) is 5.87. The van der Waals surface area contributed by atoms with E-state index in [9.17, 15) is 9.59 Å². The van der Waals surface area contributed by atoms with Gasteiger partial charge in [-0.3, -0.25) is 19.9 Å². The van der Waals surface area contributed by atoms with Crippen molar-refractivity contribution >= 4 is 11.8 Å². The minimum Gasteiger partial charge on any atom is -0.493 e. The summed E-state index contributed by atoms with van der Waals surface area (Å²) in [4.78, 5) is 28.1. The van der Waals surface area contributed by atoms with Gasteiger partial charge in [-0.15, -0.1) is 0 Å². The highest BCUT2D eigenvalue weighted by Gasteiger charge is 2.48. The van der Waals surface area contributed by atoms with E-state index in [1.165, 1.54) is 5.57 Å². The topological polar surface area (TPSA) is 68.3 Å². The van der Waals surface area contributed by atoms with Gasteiger partial charge in [-0.2, -0.15) is 0 Å². The Morgan fingerprint density at radius 2 is 2.00 bits per heavy atom. The minimum atomic E-state index is -0.613. The highest BCUT2D eigenvalue weighted by molar-refractivity contribution is 6.05. The Kier molecular flexibility index (Phi) is 5.49. The molecule has 2 heterocycles. The lowest BCUT2D eigenvalue weighted by Gasteiger charge is -2.33. The molecule has 1 aromatic rings. The summed E-state index contributed by atoms with van der Waals surface area (Å²) >= 11 is 0. The van der Waals surface area contributed by atoms with E-state index in [1.54, 1.807) is 0 Å². The van der Waals surface area contributed by atoms with Gasteiger partial charge in [0.05, 0.1) is 12.0 Å². The van der Waals surface area contributed by atoms with Gasteiger partial charge >= 0.3 is 0 Å². The molecule has 5 nitrogen and oxygen atoms in total. The van der Waals surface area contributed by atoms with Gasteiger partial charge in [-0.25, -0.2) is 0 Å². The van der Waals surface area contributed by atoms with Crippen LogP contribution in [0.3, 0.4) is 0 Å². The number of nitrogens with one attached hydrogen (secondary N) is 1. The van der Waals surface area contributed by atoms with E-state index < -0.39 is 5.41 Å². The van der Waals surface area contributed by atoms with Crippen LogP contribution in [0.1, 0.15) is 44.5 Å². The first-order valence-electron chi connectivity index (χ1n) is 9.57. The average Bonchev–Trinajstić information content (AvgIpc) is 2.87. The number of carbonyl (C=O) groups is 2. The van der Waals surface area contributed by atoms with Gasteiger partial charge < -0.3 is 4.74 Å². The van der Waals surface area contributed by atoms with Crippen LogP contribution in [-0.4, -0.2) is 23.4 Å². The highest BCUT2D eigenvalue weighted by Crippen LogP contribution is 2.42. The second-order valence-electron chi connectivity index (χ2n) is 7.98. The lowest BCUT2D eigenvalue weighted by Crippen LogP contribution is -2.37. The quantitative estimate of drug-likeness (QED) is 0.778. The Hall–Kier alpha value is -2.43. The van der Waals surface area contributed by atoms with E-state index in [2.05, 4.69) is 35.5 Å². The van der Waals surface area contributed by atoms with Gasteiger partial charge in [0.1, 0.15) is 5.75 Å². The summed E-state index contributed by atoms with van der Waals surface area (Å²) in [7, 11) is 0. The fourth-order valence-corrected chi connectivity index (χ4v) is 3.97. The van der Waals surface area contributed by atoms with Crippen molar-refractivity contribution in [2.24, 2.45) is 17.3 Å². The fraction of sp³-hybridized carbons (Fsp3) is 0.500. The molecule has 0 spiro atoms. The van der Waals surface area contributed by atoms with Crippen molar-refractivity contribution in [3.63, 3.8) is 0 Å². The summed E-state index contributed by atoms with van der Waals surface area (Å²) in [5.74, 6) is 0.930. The zero-order chi connectivity index (χ0) is 19.6. The van der Waals surface area contributed by atoms with Crippen molar-refractivity contribution in [1.82, 2.24) is 10.3 Å². The fourth-order valence-electron chi connectivity index (χ4n) is 3.97. The second kappa shape index (κ2) is 7.67. The first-order chi connectivity index (χ1) is 12.8. The predicted molar refractivity (Wildman–Crippen MR) is 104 cm³/mol. The van der Waals surface area contributed by atoms with Crippen molar-refractivity contribution in [1.29, 1.82) is 0 Å². The molecule has 0 bridgehead atoms. The van der Waals surface area contributed by atoms with Crippen LogP contribution in [0, 0.1) is 31.1 Å². The smallest absolute Gasteiger partial charge is 0.233 e. The standard InChI is InChI=1S/C22H28N2O3/c1-14-11-19(12-15(2)23-14)27-10-9-17-5-7-18(8-6-17)16(3)22(4)13-20(25)24-21(22)26/h5-7,11-12,16,18H,8-10,13H2,1-4H3,(H,24,25,26). The third-order valence-electron chi connectivity index (χ3n) is 5.87. The average molecular weight is 368 g/mol. The normalized spacial score (nSPS) is 25.9. The number of hydrogen-bond donors (Lipinski definition) is 1. The first-order valence-corrected chi connectivity index (χ1v) is 9.57. The second-order valence-corrected chi connectivity index (χ2v) is 7.98. The van der Waals surface area contributed by atoms with E-state index in [0.717, 1.165) is 30.0 Å². The molecule has 1 aromatic heterocycles. The molecule has 3 atom stereocenters. The summed E-state index contributed by atoms with van der Waals surface area (Å²) < 4.78 is 5.86. The molecule has 144 valence electrons. The molecule has 5 heteroatoms. The minimum absolute atomic E-state index is 0.108. The van der Waals surface area contributed by atoms with E-state index >= 15 is 0 Å². The van der Waals surface area contributed by atoms with Crippen molar-refractivity contribution in [3.8, 4) is 5.75 Å². The lowest BCUT2D eigenvalue weighted by molar-refractivity contribution is -0.130. The lowest BCUT2D eigenvalue weighted by atomic mass is 9.68. The van der Waals surface area contributed by atoms with E-state index in [4.69, 9.17) is 4.74 Å². The van der Waals surface area contributed by atoms with Crippen LogP contribution in [0.15, 0.2) is 35.9 Å². The van der Waals surface area contributed by atoms with E-state index in [0.29, 0.717) is 6.61 Å². The van der Waals surface area contributed by atoms with Crippen LogP contribution >= 0.6 is 0 Å². The number of hydrogen-bond acceptors (Lipinski definition) is 4. The number of ether oxygens (including phenoxy) is 1. The van der Waals surface area contributed by atoms with Crippen molar-refractivity contribution < 1.29 is 14.3 Å². The molecule has 0 saturated carbocycles. The van der Waals surface area contributed by atoms with Crippen LogP contribution < -0.4 is 10.1 Å². The summed E-state index contributed by atoms with van der Waals surface area (Å²) in [6, 6.07) is 3.90. The Bertz CT molecular complexity index is 792. The van der Waals surface area contributed by atoms with Crippen molar-refractivity contribution in [2.75, 3.05) is 6.61 Å². The molecule has 3 unspecified atom stereocenters. The number of carbonyl (C=O) groups excluding carboxylic acids is 2. The predicted octanol–water partition coefficient (Wildman–Crippen LogP) is 3.66. The monoisotopic (exact) mass is 368 g/mol. The SMILES string of the molecule is Cc1cc(OCCC2=CCC(C(C)C3(C)CC(=O)NC3=O)C=C2)cc(C)n1. The first kappa shape index (κ1) is 19.3. The van der Waals surface area contributed by atoms with Gasteiger partial charge in [0.25, 0.3) is 0 Å². The molecule has 1 fully saturated rings.